The molecule has 2 rings (SSSR count). The number of benzene rings is 1. The molecule has 0 unspecified atom stereocenters. The third-order valence-corrected chi connectivity index (χ3v) is 3.18. The lowest BCUT2D eigenvalue weighted by atomic mass is 10.1. The van der Waals surface area contributed by atoms with Crippen molar-refractivity contribution in [2.45, 2.75) is 20.4 Å². The number of aryl methyl sites for hydroxylation is 2. The summed E-state index contributed by atoms with van der Waals surface area (Å²) >= 11 is 1.24. The fraction of sp³-hybridized carbons (Fsp3) is 0.364. The van der Waals surface area contributed by atoms with Gasteiger partial charge in [-0.3, -0.25) is 0 Å². The van der Waals surface area contributed by atoms with E-state index in [0.29, 0.717) is 11.7 Å². The van der Waals surface area contributed by atoms with E-state index in [9.17, 15) is 0 Å². The summed E-state index contributed by atoms with van der Waals surface area (Å²) < 4.78 is 9.06. The smallest absolute Gasteiger partial charge is 0.225 e. The molecule has 1 heterocycles. The maximum absolute atomic E-state index is 5.36. The van der Waals surface area contributed by atoms with Crippen molar-refractivity contribution >= 4 is 16.7 Å². The Hall–Kier alpha value is -1.69. The molecule has 0 atom stereocenters. The number of hydrogen-bond acceptors (Lipinski definition) is 6. The first kappa shape index (κ1) is 11.8. The predicted octanol–water partition coefficient (Wildman–Crippen LogP) is 2.17. The molecule has 5 nitrogen and oxygen atoms in total. The van der Waals surface area contributed by atoms with Crippen LogP contribution in [0.2, 0.25) is 0 Å². The van der Waals surface area contributed by atoms with Gasteiger partial charge in [-0.2, -0.15) is 0 Å². The summed E-state index contributed by atoms with van der Waals surface area (Å²) in [7, 11) is 1.68. The number of hydrogen-bond donors (Lipinski definition) is 1. The number of nitrogens with zero attached hydrogens (tertiary/aromatic N) is 3. The zero-order valence-corrected chi connectivity index (χ0v) is 10.8. The maximum Gasteiger partial charge on any atom is 0.225 e. The second-order valence-electron chi connectivity index (χ2n) is 3.77. The monoisotopic (exact) mass is 250 g/mol. The Morgan fingerprint density at radius 1 is 1.29 bits per heavy atom. The molecule has 0 amide bonds. The molecule has 0 aliphatic rings. The molecule has 0 spiro atoms. The van der Waals surface area contributed by atoms with Crippen molar-refractivity contribution in [1.29, 1.82) is 0 Å². The summed E-state index contributed by atoms with van der Waals surface area (Å²) in [4.78, 5) is 0. The third kappa shape index (κ3) is 2.71. The quantitative estimate of drug-likeness (QED) is 0.901. The van der Waals surface area contributed by atoms with Crippen LogP contribution in [0.1, 0.15) is 16.7 Å². The Balaban J connectivity index is 2.17. The molecular weight excluding hydrogens is 236 g/mol. The van der Waals surface area contributed by atoms with Gasteiger partial charge in [-0.25, -0.2) is 0 Å². The van der Waals surface area contributed by atoms with Crippen LogP contribution in [-0.2, 0) is 6.54 Å². The average molecular weight is 250 g/mol. The van der Waals surface area contributed by atoms with E-state index in [1.54, 1.807) is 7.11 Å². The number of anilines is 1. The van der Waals surface area contributed by atoms with Crippen molar-refractivity contribution < 1.29 is 4.74 Å². The minimum atomic E-state index is 0.654. The highest BCUT2D eigenvalue weighted by Crippen LogP contribution is 2.23. The molecule has 0 bridgehead atoms. The van der Waals surface area contributed by atoms with Gasteiger partial charge in [-0.05, 0) is 36.3 Å². The normalized spacial score (nSPS) is 10.3. The van der Waals surface area contributed by atoms with Gasteiger partial charge < -0.3 is 10.1 Å². The van der Waals surface area contributed by atoms with E-state index in [-0.39, 0.29) is 0 Å². The summed E-state index contributed by atoms with van der Waals surface area (Å²) in [6.07, 6.45) is 0. The Labute approximate surface area is 104 Å². The van der Waals surface area contributed by atoms with Crippen molar-refractivity contribution in [2.24, 2.45) is 0 Å². The van der Waals surface area contributed by atoms with Crippen LogP contribution in [0.15, 0.2) is 12.1 Å². The highest BCUT2D eigenvalue weighted by atomic mass is 32.1. The van der Waals surface area contributed by atoms with E-state index in [1.807, 2.05) is 6.07 Å². The second-order valence-corrected chi connectivity index (χ2v) is 4.50. The number of nitrogens with one attached hydrogen (secondary N) is 1. The van der Waals surface area contributed by atoms with E-state index >= 15 is 0 Å². The number of methoxy groups -OCH3 is 1. The van der Waals surface area contributed by atoms with Gasteiger partial charge in [-0.1, -0.05) is 15.7 Å². The average Bonchev–Trinajstić information content (AvgIpc) is 2.83. The van der Waals surface area contributed by atoms with Crippen LogP contribution < -0.4 is 10.1 Å². The Morgan fingerprint density at radius 3 is 2.71 bits per heavy atom. The highest BCUT2D eigenvalue weighted by molar-refractivity contribution is 7.09. The summed E-state index contributed by atoms with van der Waals surface area (Å²) in [5.74, 6) is 0.887. The molecular formula is C11H14N4OS. The Kier molecular flexibility index (Phi) is 3.53. The molecule has 0 aliphatic heterocycles. The molecule has 90 valence electrons. The fourth-order valence-corrected chi connectivity index (χ4v) is 1.91. The van der Waals surface area contributed by atoms with Gasteiger partial charge in [-0.15, -0.1) is 0 Å². The molecule has 6 heteroatoms. The molecule has 17 heavy (non-hydrogen) atoms. The van der Waals surface area contributed by atoms with Crippen LogP contribution in [0.4, 0.5) is 5.13 Å². The topological polar surface area (TPSA) is 59.9 Å². The van der Waals surface area contributed by atoms with E-state index in [1.165, 1.54) is 22.7 Å². The molecule has 1 N–H and O–H groups in total. The summed E-state index contributed by atoms with van der Waals surface area (Å²) in [6, 6.07) is 4.17. The summed E-state index contributed by atoms with van der Waals surface area (Å²) in [5.41, 5.74) is 3.58. The van der Waals surface area contributed by atoms with Gasteiger partial charge in [0.25, 0.3) is 0 Å². The standard InChI is InChI=1S/C11H14N4OS/c1-7-4-9(10(16-3)5-8(7)2)6-12-11-13-14-15-17-11/h4-5H,6H2,1-3H3,(H,12,13,15). The van der Waals surface area contributed by atoms with Crippen LogP contribution in [0, 0.1) is 13.8 Å². The molecule has 0 saturated carbocycles. The lowest BCUT2D eigenvalue weighted by Crippen LogP contribution is -2.02. The van der Waals surface area contributed by atoms with Gasteiger partial charge in [0.2, 0.25) is 5.13 Å². The summed E-state index contributed by atoms with van der Waals surface area (Å²) in [6.45, 7) is 4.82. The van der Waals surface area contributed by atoms with Crippen molar-refractivity contribution in [3.8, 4) is 5.75 Å². The van der Waals surface area contributed by atoms with Crippen molar-refractivity contribution in [3.05, 3.63) is 28.8 Å². The van der Waals surface area contributed by atoms with Crippen molar-refractivity contribution in [1.82, 2.24) is 14.8 Å². The molecule has 1 aromatic heterocycles. The maximum atomic E-state index is 5.36. The van der Waals surface area contributed by atoms with Crippen LogP contribution in [0.25, 0.3) is 0 Å². The lowest BCUT2D eigenvalue weighted by Gasteiger charge is -2.11. The van der Waals surface area contributed by atoms with Crippen LogP contribution in [-0.4, -0.2) is 21.9 Å². The first-order chi connectivity index (χ1) is 8.20. The lowest BCUT2D eigenvalue weighted by molar-refractivity contribution is 0.410. The van der Waals surface area contributed by atoms with Gasteiger partial charge >= 0.3 is 0 Å². The minimum Gasteiger partial charge on any atom is -0.496 e. The first-order valence-electron chi connectivity index (χ1n) is 5.23. The van der Waals surface area contributed by atoms with E-state index in [2.05, 4.69) is 40.0 Å². The number of aromatic nitrogens is 3. The van der Waals surface area contributed by atoms with Crippen molar-refractivity contribution in [2.75, 3.05) is 12.4 Å². The number of ether oxygens (including phenoxy) is 1. The van der Waals surface area contributed by atoms with Gasteiger partial charge in [0.05, 0.1) is 7.11 Å². The fourth-order valence-electron chi connectivity index (χ4n) is 1.55. The zero-order valence-electron chi connectivity index (χ0n) is 10.0. The van der Waals surface area contributed by atoms with Crippen LogP contribution in [0.3, 0.4) is 0 Å². The van der Waals surface area contributed by atoms with E-state index in [0.717, 1.165) is 11.3 Å². The van der Waals surface area contributed by atoms with E-state index < -0.39 is 0 Å². The van der Waals surface area contributed by atoms with Gasteiger partial charge in [0.1, 0.15) is 5.75 Å². The molecule has 2 aromatic rings. The zero-order chi connectivity index (χ0) is 12.3. The largest absolute Gasteiger partial charge is 0.496 e. The molecule has 0 radical (unpaired) electrons. The second kappa shape index (κ2) is 5.09. The summed E-state index contributed by atoms with van der Waals surface area (Å²) in [5, 5.41) is 11.2. The Bertz CT molecular complexity index is 498. The highest BCUT2D eigenvalue weighted by Gasteiger charge is 2.06. The molecule has 0 saturated heterocycles. The van der Waals surface area contributed by atoms with Crippen LogP contribution >= 0.6 is 11.5 Å². The third-order valence-electron chi connectivity index (χ3n) is 2.63. The van der Waals surface area contributed by atoms with Crippen LogP contribution in [0.5, 0.6) is 5.75 Å². The molecule has 1 aromatic carbocycles. The van der Waals surface area contributed by atoms with Gasteiger partial charge in [0, 0.05) is 23.6 Å². The first-order valence-corrected chi connectivity index (χ1v) is 6.01. The minimum absolute atomic E-state index is 0.654. The molecule has 0 aliphatic carbocycles. The van der Waals surface area contributed by atoms with Gasteiger partial charge in [0.15, 0.2) is 0 Å². The van der Waals surface area contributed by atoms with Crippen molar-refractivity contribution in [3.63, 3.8) is 0 Å². The number of rotatable bonds is 4. The van der Waals surface area contributed by atoms with E-state index in [4.69, 9.17) is 4.74 Å². The predicted molar refractivity (Wildman–Crippen MR) is 67.5 cm³/mol. The SMILES string of the molecule is COc1cc(C)c(C)cc1CNc1nnns1. The Morgan fingerprint density at radius 2 is 2.06 bits per heavy atom. The molecule has 0 fully saturated rings.